The normalized spacial score (nSPS) is 14.1. The van der Waals surface area contributed by atoms with Crippen LogP contribution in [0.15, 0.2) is 0 Å². The largest absolute Gasteiger partial charge is 0.322 e. The van der Waals surface area contributed by atoms with Gasteiger partial charge in [0.25, 0.3) is 0 Å². The van der Waals surface area contributed by atoms with E-state index in [0.29, 0.717) is 0 Å². The van der Waals surface area contributed by atoms with E-state index in [1.807, 2.05) is 11.8 Å². The molecule has 2 N–H and O–H groups in total. The smallest absolute Gasteiger partial charge is 0.0392 e. The first-order valence-corrected chi connectivity index (χ1v) is 5.11. The minimum Gasteiger partial charge on any atom is -0.322 e. The Labute approximate surface area is 68.8 Å². The SMILES string of the molecule is CC(C)C(C)CCSCN. The zero-order valence-electron chi connectivity index (χ0n) is 7.26. The Hall–Kier alpha value is 0.310. The van der Waals surface area contributed by atoms with Crippen LogP contribution < -0.4 is 5.73 Å². The van der Waals surface area contributed by atoms with Crippen LogP contribution in [0.25, 0.3) is 0 Å². The molecule has 0 fully saturated rings. The molecule has 0 aromatic rings. The number of nitrogens with two attached hydrogens (primary N) is 1. The molecule has 1 unspecified atom stereocenters. The second-order valence-electron chi connectivity index (χ2n) is 3.08. The van der Waals surface area contributed by atoms with Gasteiger partial charge in [-0.15, -0.1) is 11.8 Å². The average Bonchev–Trinajstić information content (AvgIpc) is 1.88. The zero-order valence-corrected chi connectivity index (χ0v) is 8.08. The summed E-state index contributed by atoms with van der Waals surface area (Å²) in [6, 6.07) is 0. The molecule has 10 heavy (non-hydrogen) atoms. The summed E-state index contributed by atoms with van der Waals surface area (Å²) in [5, 5.41) is 0. The van der Waals surface area contributed by atoms with Gasteiger partial charge in [0.1, 0.15) is 0 Å². The number of hydrogen-bond donors (Lipinski definition) is 1. The predicted molar refractivity (Wildman–Crippen MR) is 50.1 cm³/mol. The molecule has 1 atom stereocenters. The highest BCUT2D eigenvalue weighted by Crippen LogP contribution is 2.16. The quantitative estimate of drug-likeness (QED) is 0.494. The van der Waals surface area contributed by atoms with E-state index in [4.69, 9.17) is 5.73 Å². The van der Waals surface area contributed by atoms with Crippen molar-refractivity contribution in [3.05, 3.63) is 0 Å². The van der Waals surface area contributed by atoms with Crippen molar-refractivity contribution >= 4 is 11.8 Å². The van der Waals surface area contributed by atoms with E-state index in [0.717, 1.165) is 17.7 Å². The van der Waals surface area contributed by atoms with Crippen LogP contribution in [0.3, 0.4) is 0 Å². The van der Waals surface area contributed by atoms with Gasteiger partial charge in [-0.3, -0.25) is 0 Å². The lowest BCUT2D eigenvalue weighted by atomic mass is 9.96. The Morgan fingerprint density at radius 1 is 1.30 bits per heavy atom. The molecule has 62 valence electrons. The summed E-state index contributed by atoms with van der Waals surface area (Å²) >= 11 is 1.83. The molecular formula is C8H19NS. The molecule has 0 aliphatic heterocycles. The van der Waals surface area contributed by atoms with Gasteiger partial charge >= 0.3 is 0 Å². The molecule has 1 nitrogen and oxygen atoms in total. The van der Waals surface area contributed by atoms with Gasteiger partial charge in [0.15, 0.2) is 0 Å². The molecule has 0 bridgehead atoms. The minimum absolute atomic E-state index is 0.769. The Balaban J connectivity index is 3.13. The Morgan fingerprint density at radius 2 is 1.90 bits per heavy atom. The van der Waals surface area contributed by atoms with E-state index in [-0.39, 0.29) is 0 Å². The van der Waals surface area contributed by atoms with Gasteiger partial charge in [-0.05, 0) is 24.0 Å². The fourth-order valence-corrected chi connectivity index (χ4v) is 1.39. The molecule has 0 spiro atoms. The van der Waals surface area contributed by atoms with Crippen molar-refractivity contribution < 1.29 is 0 Å². The highest BCUT2D eigenvalue weighted by atomic mass is 32.2. The van der Waals surface area contributed by atoms with Crippen LogP contribution in [0.1, 0.15) is 27.2 Å². The van der Waals surface area contributed by atoms with Gasteiger partial charge in [-0.2, -0.15) is 0 Å². The van der Waals surface area contributed by atoms with E-state index >= 15 is 0 Å². The molecule has 0 rings (SSSR count). The fraction of sp³-hybridized carbons (Fsp3) is 1.00. The lowest BCUT2D eigenvalue weighted by Crippen LogP contribution is -2.05. The number of rotatable bonds is 5. The molecule has 0 saturated carbocycles. The topological polar surface area (TPSA) is 26.0 Å². The average molecular weight is 161 g/mol. The van der Waals surface area contributed by atoms with Crippen molar-refractivity contribution in [1.82, 2.24) is 0 Å². The fourth-order valence-electron chi connectivity index (χ4n) is 0.686. The molecule has 0 amide bonds. The van der Waals surface area contributed by atoms with Crippen LogP contribution in [-0.2, 0) is 0 Å². The second kappa shape index (κ2) is 6.05. The Morgan fingerprint density at radius 3 is 2.30 bits per heavy atom. The van der Waals surface area contributed by atoms with Crippen LogP contribution >= 0.6 is 11.8 Å². The first kappa shape index (κ1) is 10.3. The van der Waals surface area contributed by atoms with Gasteiger partial charge in [0.2, 0.25) is 0 Å². The monoisotopic (exact) mass is 161 g/mol. The zero-order chi connectivity index (χ0) is 7.98. The van der Waals surface area contributed by atoms with Crippen LogP contribution in [0.2, 0.25) is 0 Å². The highest BCUT2D eigenvalue weighted by Gasteiger charge is 2.05. The van der Waals surface area contributed by atoms with Crippen molar-refractivity contribution in [2.45, 2.75) is 27.2 Å². The number of thioether (sulfide) groups is 1. The predicted octanol–water partition coefficient (Wildman–Crippen LogP) is 2.32. The number of hydrogen-bond acceptors (Lipinski definition) is 2. The first-order chi connectivity index (χ1) is 4.68. The van der Waals surface area contributed by atoms with Gasteiger partial charge in [0.05, 0.1) is 0 Å². The third-order valence-electron chi connectivity index (χ3n) is 1.97. The Kier molecular flexibility index (Phi) is 6.24. The van der Waals surface area contributed by atoms with Crippen molar-refractivity contribution in [2.75, 3.05) is 11.6 Å². The molecule has 0 aromatic heterocycles. The summed E-state index contributed by atoms with van der Waals surface area (Å²) in [5.74, 6) is 3.65. The van der Waals surface area contributed by atoms with E-state index in [2.05, 4.69) is 20.8 Å². The maximum absolute atomic E-state index is 5.35. The summed E-state index contributed by atoms with van der Waals surface area (Å²) < 4.78 is 0. The summed E-state index contributed by atoms with van der Waals surface area (Å²) in [4.78, 5) is 0. The van der Waals surface area contributed by atoms with E-state index in [1.54, 1.807) is 0 Å². The van der Waals surface area contributed by atoms with Gasteiger partial charge in [-0.25, -0.2) is 0 Å². The third-order valence-corrected chi connectivity index (χ3v) is 2.73. The van der Waals surface area contributed by atoms with Crippen LogP contribution in [0.5, 0.6) is 0 Å². The first-order valence-electron chi connectivity index (χ1n) is 3.96. The molecule has 0 aliphatic carbocycles. The summed E-state index contributed by atoms with van der Waals surface area (Å²) in [6.45, 7) is 6.86. The lowest BCUT2D eigenvalue weighted by molar-refractivity contribution is 0.410. The van der Waals surface area contributed by atoms with Gasteiger partial charge < -0.3 is 5.73 Å². The van der Waals surface area contributed by atoms with Crippen LogP contribution in [0.4, 0.5) is 0 Å². The molecule has 0 radical (unpaired) electrons. The standard InChI is InChI=1S/C8H19NS/c1-7(2)8(3)4-5-10-6-9/h7-8H,4-6,9H2,1-3H3. The summed E-state index contributed by atoms with van der Waals surface area (Å²) in [6.07, 6.45) is 1.31. The van der Waals surface area contributed by atoms with Gasteiger partial charge in [0, 0.05) is 5.88 Å². The van der Waals surface area contributed by atoms with E-state index in [9.17, 15) is 0 Å². The maximum atomic E-state index is 5.35. The van der Waals surface area contributed by atoms with Crippen molar-refractivity contribution in [1.29, 1.82) is 0 Å². The van der Waals surface area contributed by atoms with Crippen LogP contribution in [-0.4, -0.2) is 11.6 Å². The van der Waals surface area contributed by atoms with Crippen LogP contribution in [0, 0.1) is 11.8 Å². The molecule has 0 aromatic carbocycles. The van der Waals surface area contributed by atoms with Gasteiger partial charge in [-0.1, -0.05) is 20.8 Å². The third kappa shape index (κ3) is 5.12. The minimum atomic E-state index is 0.769. The molecular weight excluding hydrogens is 142 g/mol. The van der Waals surface area contributed by atoms with E-state index < -0.39 is 0 Å². The van der Waals surface area contributed by atoms with E-state index in [1.165, 1.54) is 12.2 Å². The van der Waals surface area contributed by atoms with Crippen molar-refractivity contribution in [2.24, 2.45) is 17.6 Å². The second-order valence-corrected chi connectivity index (χ2v) is 4.23. The Bertz CT molecular complexity index is 73.7. The molecule has 0 saturated heterocycles. The lowest BCUT2D eigenvalue weighted by Gasteiger charge is -2.13. The van der Waals surface area contributed by atoms with Crippen molar-refractivity contribution in [3.8, 4) is 0 Å². The van der Waals surface area contributed by atoms with Crippen molar-refractivity contribution in [3.63, 3.8) is 0 Å². The highest BCUT2D eigenvalue weighted by molar-refractivity contribution is 7.99. The molecule has 0 heterocycles. The summed E-state index contributed by atoms with van der Waals surface area (Å²) in [7, 11) is 0. The maximum Gasteiger partial charge on any atom is 0.0392 e. The summed E-state index contributed by atoms with van der Waals surface area (Å²) in [5.41, 5.74) is 5.35. The molecule has 0 aliphatic rings. The molecule has 2 heteroatoms.